The molecular weight excluding hydrogens is 338 g/mol. The average Bonchev–Trinajstić information content (AvgIpc) is 3.15. The highest BCUT2D eigenvalue weighted by Crippen LogP contribution is 2.29. The molecule has 0 bridgehead atoms. The Morgan fingerprint density at radius 1 is 1.28 bits per heavy atom. The zero-order valence-corrected chi connectivity index (χ0v) is 14.5. The van der Waals surface area contributed by atoms with Crippen LogP contribution in [0, 0.1) is 6.92 Å². The van der Waals surface area contributed by atoms with E-state index in [1.165, 1.54) is 11.3 Å². The molecule has 3 heterocycles. The fourth-order valence-corrected chi connectivity index (χ4v) is 3.39. The van der Waals surface area contributed by atoms with E-state index < -0.39 is 0 Å². The highest BCUT2D eigenvalue weighted by molar-refractivity contribution is 7.22. The topological polar surface area (TPSA) is 81.4 Å². The molecule has 4 aromatic rings. The van der Waals surface area contributed by atoms with E-state index >= 15 is 0 Å². The van der Waals surface area contributed by atoms with Crippen LogP contribution in [0.4, 0.5) is 5.13 Å². The van der Waals surface area contributed by atoms with E-state index in [0.717, 1.165) is 21.7 Å². The minimum Gasteiger partial charge on any atom is -0.494 e. The summed E-state index contributed by atoms with van der Waals surface area (Å²) < 4.78 is 8.04. The van der Waals surface area contributed by atoms with Gasteiger partial charge < -0.3 is 4.74 Å². The third-order valence-electron chi connectivity index (χ3n) is 3.56. The van der Waals surface area contributed by atoms with E-state index in [-0.39, 0.29) is 5.91 Å². The Hall–Kier alpha value is -3.00. The van der Waals surface area contributed by atoms with Gasteiger partial charge in [-0.25, -0.2) is 14.5 Å². The van der Waals surface area contributed by atoms with Gasteiger partial charge >= 0.3 is 0 Å². The second kappa shape index (κ2) is 6.14. The Morgan fingerprint density at radius 3 is 3.00 bits per heavy atom. The van der Waals surface area contributed by atoms with E-state index in [1.54, 1.807) is 22.8 Å². The second-order valence-electron chi connectivity index (χ2n) is 5.44. The van der Waals surface area contributed by atoms with Crippen LogP contribution in [0.15, 0.2) is 36.5 Å². The molecule has 0 atom stereocenters. The Kier molecular flexibility index (Phi) is 3.81. The van der Waals surface area contributed by atoms with Crippen LogP contribution in [-0.4, -0.2) is 32.1 Å². The smallest absolute Gasteiger partial charge is 0.277 e. The van der Waals surface area contributed by atoms with Gasteiger partial charge in [-0.05, 0) is 44.2 Å². The van der Waals surface area contributed by atoms with Gasteiger partial charge in [0.1, 0.15) is 11.4 Å². The van der Waals surface area contributed by atoms with E-state index in [4.69, 9.17) is 4.74 Å². The zero-order chi connectivity index (χ0) is 17.4. The molecule has 3 aromatic heterocycles. The minimum absolute atomic E-state index is 0.305. The third-order valence-corrected chi connectivity index (χ3v) is 4.50. The van der Waals surface area contributed by atoms with Gasteiger partial charge in [0.25, 0.3) is 5.91 Å². The molecule has 0 saturated heterocycles. The van der Waals surface area contributed by atoms with Crippen molar-refractivity contribution >= 4 is 38.2 Å². The van der Waals surface area contributed by atoms with Gasteiger partial charge in [-0.15, -0.1) is 0 Å². The number of anilines is 1. The number of carbonyl (C=O) groups excluding carboxylic acids is 1. The molecule has 0 aliphatic rings. The Morgan fingerprint density at radius 2 is 2.16 bits per heavy atom. The molecular formula is C17H15N5O2S. The monoisotopic (exact) mass is 353 g/mol. The van der Waals surface area contributed by atoms with Crippen LogP contribution in [0.5, 0.6) is 5.75 Å². The van der Waals surface area contributed by atoms with Crippen LogP contribution in [0.25, 0.3) is 15.9 Å². The lowest BCUT2D eigenvalue weighted by Gasteiger charge is -2.01. The quantitative estimate of drug-likeness (QED) is 0.609. The molecule has 0 saturated carbocycles. The van der Waals surface area contributed by atoms with Crippen molar-refractivity contribution in [1.82, 2.24) is 19.6 Å². The molecule has 0 spiro atoms. The normalized spacial score (nSPS) is 11.1. The summed E-state index contributed by atoms with van der Waals surface area (Å²) in [5, 5.41) is 7.61. The van der Waals surface area contributed by atoms with E-state index in [0.29, 0.717) is 23.1 Å². The maximum atomic E-state index is 12.4. The SMILES string of the molecule is CCOc1ccc2nc(NC(=O)c3ccc4nc(C)cn4n3)sc2c1. The number of nitrogens with zero attached hydrogens (tertiary/aromatic N) is 4. The molecule has 0 fully saturated rings. The lowest BCUT2D eigenvalue weighted by molar-refractivity contribution is 0.102. The fourth-order valence-electron chi connectivity index (χ4n) is 2.50. The lowest BCUT2D eigenvalue weighted by atomic mass is 10.3. The van der Waals surface area contributed by atoms with Gasteiger partial charge in [-0.3, -0.25) is 10.1 Å². The van der Waals surface area contributed by atoms with Gasteiger partial charge in [-0.2, -0.15) is 5.10 Å². The van der Waals surface area contributed by atoms with E-state index in [9.17, 15) is 4.79 Å². The summed E-state index contributed by atoms with van der Waals surface area (Å²) in [4.78, 5) is 21.2. The molecule has 7 nitrogen and oxygen atoms in total. The molecule has 4 rings (SSSR count). The van der Waals surface area contributed by atoms with Crippen LogP contribution < -0.4 is 10.1 Å². The number of thiazole rings is 1. The summed E-state index contributed by atoms with van der Waals surface area (Å²) in [7, 11) is 0. The molecule has 25 heavy (non-hydrogen) atoms. The summed E-state index contributed by atoms with van der Waals surface area (Å²) in [6.07, 6.45) is 1.78. The van der Waals surface area contributed by atoms with Gasteiger partial charge in [-0.1, -0.05) is 11.3 Å². The number of aryl methyl sites for hydroxylation is 1. The van der Waals surface area contributed by atoms with Crippen molar-refractivity contribution in [3.8, 4) is 5.75 Å². The van der Waals surface area contributed by atoms with Crippen molar-refractivity contribution < 1.29 is 9.53 Å². The predicted octanol–water partition coefficient (Wildman–Crippen LogP) is 3.30. The van der Waals surface area contributed by atoms with Gasteiger partial charge in [0.15, 0.2) is 10.8 Å². The number of hydrogen-bond donors (Lipinski definition) is 1. The first-order chi connectivity index (χ1) is 12.1. The second-order valence-corrected chi connectivity index (χ2v) is 6.47. The molecule has 126 valence electrons. The largest absolute Gasteiger partial charge is 0.494 e. The first-order valence-electron chi connectivity index (χ1n) is 7.80. The zero-order valence-electron chi connectivity index (χ0n) is 13.7. The molecule has 0 unspecified atom stereocenters. The Bertz CT molecular complexity index is 1090. The van der Waals surface area contributed by atoms with Gasteiger partial charge in [0.2, 0.25) is 0 Å². The third kappa shape index (κ3) is 3.03. The highest BCUT2D eigenvalue weighted by atomic mass is 32.1. The van der Waals surface area contributed by atoms with Crippen molar-refractivity contribution in [2.24, 2.45) is 0 Å². The van der Waals surface area contributed by atoms with Crippen LogP contribution in [0.2, 0.25) is 0 Å². The summed E-state index contributed by atoms with van der Waals surface area (Å²) in [5.74, 6) is 0.483. The van der Waals surface area contributed by atoms with Crippen molar-refractivity contribution in [1.29, 1.82) is 0 Å². The number of benzene rings is 1. The molecule has 0 radical (unpaired) electrons. The molecule has 1 aromatic carbocycles. The number of amides is 1. The van der Waals surface area contributed by atoms with Gasteiger partial charge in [0, 0.05) is 0 Å². The summed E-state index contributed by atoms with van der Waals surface area (Å²) in [6.45, 7) is 4.43. The maximum Gasteiger partial charge on any atom is 0.277 e. The summed E-state index contributed by atoms with van der Waals surface area (Å²) in [6, 6.07) is 9.09. The van der Waals surface area contributed by atoms with E-state index in [2.05, 4.69) is 20.4 Å². The van der Waals surface area contributed by atoms with Gasteiger partial charge in [0.05, 0.1) is 28.7 Å². The van der Waals surface area contributed by atoms with Crippen molar-refractivity contribution in [3.05, 3.63) is 47.9 Å². The van der Waals surface area contributed by atoms with Crippen LogP contribution in [-0.2, 0) is 0 Å². The highest BCUT2D eigenvalue weighted by Gasteiger charge is 2.13. The predicted molar refractivity (Wildman–Crippen MR) is 96.5 cm³/mol. The Labute approximate surface area is 147 Å². The number of carbonyl (C=O) groups is 1. The van der Waals surface area contributed by atoms with Crippen molar-refractivity contribution in [3.63, 3.8) is 0 Å². The minimum atomic E-state index is -0.308. The standard InChI is InChI=1S/C17H15N5O2S/c1-3-24-11-4-5-12-14(8-11)25-17(19-12)20-16(23)13-6-7-15-18-10(2)9-22(15)21-13/h4-9H,3H2,1-2H3,(H,19,20,23). The lowest BCUT2D eigenvalue weighted by Crippen LogP contribution is -2.14. The number of hydrogen-bond acceptors (Lipinski definition) is 6. The summed E-state index contributed by atoms with van der Waals surface area (Å²) in [5.41, 5.74) is 2.68. The number of fused-ring (bicyclic) bond motifs is 2. The molecule has 1 amide bonds. The number of nitrogens with one attached hydrogen (secondary N) is 1. The van der Waals surface area contributed by atoms with E-state index in [1.807, 2.05) is 32.0 Å². The molecule has 0 aliphatic heterocycles. The number of aromatic nitrogens is 4. The van der Waals surface area contributed by atoms with Crippen molar-refractivity contribution in [2.45, 2.75) is 13.8 Å². The molecule has 8 heteroatoms. The van der Waals surface area contributed by atoms with Crippen molar-refractivity contribution in [2.75, 3.05) is 11.9 Å². The Balaban J connectivity index is 1.59. The summed E-state index contributed by atoms with van der Waals surface area (Å²) >= 11 is 1.40. The van der Waals surface area contributed by atoms with Crippen LogP contribution in [0.3, 0.4) is 0 Å². The number of imidazole rings is 1. The fraction of sp³-hybridized carbons (Fsp3) is 0.176. The average molecular weight is 353 g/mol. The number of rotatable bonds is 4. The first-order valence-corrected chi connectivity index (χ1v) is 8.62. The maximum absolute atomic E-state index is 12.4. The molecule has 1 N–H and O–H groups in total. The number of ether oxygens (including phenoxy) is 1. The molecule has 0 aliphatic carbocycles. The first kappa shape index (κ1) is 15.5. The van der Waals surface area contributed by atoms with Crippen LogP contribution in [0.1, 0.15) is 23.1 Å². The van der Waals surface area contributed by atoms with Crippen LogP contribution >= 0.6 is 11.3 Å².